The van der Waals surface area contributed by atoms with Gasteiger partial charge in [0.1, 0.15) is 5.69 Å². The molecule has 0 amide bonds. The normalized spacial score (nSPS) is 16.4. The fourth-order valence-electron chi connectivity index (χ4n) is 4.42. The van der Waals surface area contributed by atoms with Crippen LogP contribution in [-0.2, 0) is 24.4 Å². The van der Waals surface area contributed by atoms with E-state index in [0.717, 1.165) is 6.07 Å². The van der Waals surface area contributed by atoms with Gasteiger partial charge in [0.25, 0.3) is 19.7 Å². The number of carbonyl (C=O) groups excluding carboxylic acids is 1. The Bertz CT molecular complexity index is 1630. The highest BCUT2D eigenvalue weighted by Gasteiger charge is 2.78. The molecule has 0 bridgehead atoms. The van der Waals surface area contributed by atoms with Crippen molar-refractivity contribution < 1.29 is 52.7 Å². The highest BCUT2D eigenvalue weighted by molar-refractivity contribution is 8.12. The van der Waals surface area contributed by atoms with Gasteiger partial charge in [-0.3, -0.25) is 0 Å². The van der Waals surface area contributed by atoms with E-state index in [-0.39, 0.29) is 23.1 Å². The van der Waals surface area contributed by atoms with Crippen LogP contribution in [0.15, 0.2) is 60.7 Å². The molecule has 1 aliphatic rings. The third-order valence-electron chi connectivity index (χ3n) is 6.07. The summed E-state index contributed by atoms with van der Waals surface area (Å²) in [5, 5.41) is 0.102. The molecule has 1 heterocycles. The van der Waals surface area contributed by atoms with Crippen molar-refractivity contribution in [3.8, 4) is 0 Å². The zero-order chi connectivity index (χ0) is 28.3. The minimum atomic E-state index is -7.12. The lowest BCUT2D eigenvalue weighted by atomic mass is 9.86. The van der Waals surface area contributed by atoms with Gasteiger partial charge in [-0.05, 0) is 30.2 Å². The van der Waals surface area contributed by atoms with Gasteiger partial charge in [-0.2, -0.15) is 26.3 Å². The van der Waals surface area contributed by atoms with Crippen molar-refractivity contribution in [3.63, 3.8) is 0 Å². The molecule has 3 aromatic rings. The second kappa shape index (κ2) is 8.86. The first-order valence-electron chi connectivity index (χ1n) is 10.7. The van der Waals surface area contributed by atoms with Gasteiger partial charge >= 0.3 is 17.0 Å². The van der Waals surface area contributed by atoms with E-state index in [0.29, 0.717) is 4.57 Å². The zero-order valence-electron chi connectivity index (χ0n) is 19.2. The van der Waals surface area contributed by atoms with Crippen LogP contribution in [0.1, 0.15) is 29.4 Å². The van der Waals surface area contributed by atoms with Gasteiger partial charge in [0.05, 0.1) is 17.8 Å². The number of para-hydroxylation sites is 1. The number of rotatable bonds is 6. The summed E-state index contributed by atoms with van der Waals surface area (Å²) >= 11 is 0. The number of benzene rings is 2. The van der Waals surface area contributed by atoms with Gasteiger partial charge in [-0.1, -0.05) is 48.5 Å². The SMILES string of the molecule is CCOC(=O)c1cc2ccccc2n1C1=C(c2ccccc2)CC1(S(=O)(=O)C(F)(F)F)S(=O)(=O)C(F)(F)F. The molecule has 0 spiro atoms. The summed E-state index contributed by atoms with van der Waals surface area (Å²) in [4.78, 5) is 12.8. The number of hydrogen-bond donors (Lipinski definition) is 0. The molecule has 0 saturated heterocycles. The lowest BCUT2D eigenvalue weighted by Crippen LogP contribution is -2.61. The minimum absolute atomic E-state index is 0.0412. The summed E-state index contributed by atoms with van der Waals surface area (Å²) < 4.78 is 136. The number of carbonyl (C=O) groups is 1. The number of alkyl halides is 6. The molecule has 0 fully saturated rings. The highest BCUT2D eigenvalue weighted by atomic mass is 32.3. The molecule has 7 nitrogen and oxygen atoms in total. The number of hydrogen-bond acceptors (Lipinski definition) is 6. The fourth-order valence-corrected chi connectivity index (χ4v) is 8.50. The van der Waals surface area contributed by atoms with Gasteiger partial charge in [0.15, 0.2) is 0 Å². The summed E-state index contributed by atoms with van der Waals surface area (Å²) in [6, 6.07) is 13.1. The lowest BCUT2D eigenvalue weighted by Gasteiger charge is -2.45. The number of ether oxygens (including phenoxy) is 1. The van der Waals surface area contributed by atoms with Gasteiger partial charge in [0.2, 0.25) is 4.08 Å². The van der Waals surface area contributed by atoms with E-state index in [9.17, 15) is 48.0 Å². The van der Waals surface area contributed by atoms with Crippen LogP contribution in [0.3, 0.4) is 0 Å². The molecule has 204 valence electrons. The maximum absolute atomic E-state index is 14.0. The average molecular weight is 582 g/mol. The molecule has 0 unspecified atom stereocenters. The molecule has 0 N–H and O–H groups in total. The van der Waals surface area contributed by atoms with Crippen LogP contribution in [0.25, 0.3) is 22.2 Å². The van der Waals surface area contributed by atoms with Crippen molar-refractivity contribution in [2.45, 2.75) is 28.4 Å². The monoisotopic (exact) mass is 581 g/mol. The van der Waals surface area contributed by atoms with E-state index in [1.807, 2.05) is 0 Å². The number of halogens is 6. The van der Waals surface area contributed by atoms with Gasteiger partial charge in [0, 0.05) is 11.8 Å². The summed E-state index contributed by atoms with van der Waals surface area (Å²) in [7, 11) is -14.2. The molecule has 38 heavy (non-hydrogen) atoms. The van der Waals surface area contributed by atoms with E-state index >= 15 is 0 Å². The fraction of sp³-hybridized carbons (Fsp3) is 0.261. The van der Waals surface area contributed by atoms with Crippen LogP contribution in [0.4, 0.5) is 26.3 Å². The summed E-state index contributed by atoms with van der Waals surface area (Å²) in [5.41, 5.74) is -15.5. The standard InChI is InChI=1S/C23H17F6NO6S2/c1-2-36-20(31)18-12-15-10-6-7-11-17(15)30(18)19-16(14-8-4-3-5-9-14)13-21(19,37(32,33)22(24,25)26)38(34,35)23(27,28)29/h3-12H,2,13H2,1H3. The van der Waals surface area contributed by atoms with Gasteiger partial charge < -0.3 is 9.30 Å². The summed E-state index contributed by atoms with van der Waals surface area (Å²) in [5.74, 6) is -1.22. The highest BCUT2D eigenvalue weighted by Crippen LogP contribution is 2.61. The van der Waals surface area contributed by atoms with Crippen molar-refractivity contribution in [3.05, 3.63) is 71.9 Å². The molecule has 1 aromatic heterocycles. The first-order valence-corrected chi connectivity index (χ1v) is 13.7. The molecule has 4 rings (SSSR count). The number of allylic oxidation sites excluding steroid dienone is 1. The Morgan fingerprint density at radius 3 is 1.95 bits per heavy atom. The van der Waals surface area contributed by atoms with Crippen molar-refractivity contribution in [1.29, 1.82) is 0 Å². The summed E-state index contributed by atoms with van der Waals surface area (Å²) in [6.07, 6.45) is -1.68. The molecule has 0 atom stereocenters. The Morgan fingerprint density at radius 2 is 1.42 bits per heavy atom. The van der Waals surface area contributed by atoms with E-state index in [1.54, 1.807) is 0 Å². The van der Waals surface area contributed by atoms with Crippen molar-refractivity contribution in [1.82, 2.24) is 4.57 Å². The molecule has 0 aliphatic heterocycles. The second-order valence-corrected chi connectivity index (χ2v) is 12.8. The zero-order valence-corrected chi connectivity index (χ0v) is 20.8. The van der Waals surface area contributed by atoms with Crippen LogP contribution < -0.4 is 0 Å². The Hall–Kier alpha value is -3.33. The minimum Gasteiger partial charge on any atom is -0.461 e. The van der Waals surface area contributed by atoms with Crippen LogP contribution in [0, 0.1) is 0 Å². The van der Waals surface area contributed by atoms with E-state index in [1.165, 1.54) is 61.5 Å². The topological polar surface area (TPSA) is 99.5 Å². The second-order valence-electron chi connectivity index (χ2n) is 8.17. The van der Waals surface area contributed by atoms with Crippen molar-refractivity contribution in [2.75, 3.05) is 6.61 Å². The van der Waals surface area contributed by atoms with Crippen molar-refractivity contribution in [2.24, 2.45) is 0 Å². The number of fused-ring (bicyclic) bond motifs is 1. The number of nitrogens with zero attached hydrogens (tertiary/aromatic N) is 1. The van der Waals surface area contributed by atoms with Crippen LogP contribution in [0.5, 0.6) is 0 Å². The first kappa shape index (κ1) is 27.7. The van der Waals surface area contributed by atoms with Crippen LogP contribution >= 0.6 is 0 Å². The molecule has 1 aliphatic carbocycles. The van der Waals surface area contributed by atoms with Gasteiger partial charge in [-0.25, -0.2) is 21.6 Å². The predicted octanol–water partition coefficient (Wildman–Crippen LogP) is 5.16. The summed E-state index contributed by atoms with van der Waals surface area (Å²) in [6.45, 7) is 1.13. The third kappa shape index (κ3) is 3.73. The predicted molar refractivity (Wildman–Crippen MR) is 125 cm³/mol. The maximum Gasteiger partial charge on any atom is 0.499 e. The molecule has 2 aromatic carbocycles. The largest absolute Gasteiger partial charge is 0.499 e. The van der Waals surface area contributed by atoms with E-state index in [2.05, 4.69) is 0 Å². The lowest BCUT2D eigenvalue weighted by molar-refractivity contribution is -0.0484. The smallest absolute Gasteiger partial charge is 0.461 e. The number of sulfone groups is 2. The molecular formula is C23H17F6NO6S2. The maximum atomic E-state index is 14.0. The van der Waals surface area contributed by atoms with Crippen LogP contribution in [0.2, 0.25) is 0 Å². The Kier molecular flexibility index (Phi) is 6.46. The first-order chi connectivity index (χ1) is 17.5. The van der Waals surface area contributed by atoms with Crippen LogP contribution in [-0.4, -0.2) is 49.1 Å². The Labute approximate surface area is 212 Å². The van der Waals surface area contributed by atoms with Gasteiger partial charge in [-0.15, -0.1) is 0 Å². The number of esters is 1. The average Bonchev–Trinajstić information content (AvgIpc) is 3.17. The van der Waals surface area contributed by atoms with Crippen molar-refractivity contribution >= 4 is 47.8 Å². The molecule has 15 heteroatoms. The molecule has 0 radical (unpaired) electrons. The molecule has 0 saturated carbocycles. The van der Waals surface area contributed by atoms with E-state index in [4.69, 9.17) is 4.74 Å². The Balaban J connectivity index is 2.27. The Morgan fingerprint density at radius 1 is 0.895 bits per heavy atom. The third-order valence-corrected chi connectivity index (χ3v) is 11.0. The molecular weight excluding hydrogens is 564 g/mol. The van der Waals surface area contributed by atoms with E-state index < -0.39 is 64.1 Å². The quantitative estimate of drug-likeness (QED) is 0.295. The number of aromatic nitrogens is 1.